The number of hydrogen-bond donors (Lipinski definition) is 1. The van der Waals surface area contributed by atoms with Crippen LogP contribution in [0.25, 0.3) is 0 Å². The van der Waals surface area contributed by atoms with Crippen LogP contribution in [-0.4, -0.2) is 37.1 Å². The molecule has 3 rings (SSSR count). The molecule has 2 fully saturated rings. The van der Waals surface area contributed by atoms with E-state index in [0.29, 0.717) is 0 Å². The summed E-state index contributed by atoms with van der Waals surface area (Å²) in [5.41, 5.74) is 1.47. The highest BCUT2D eigenvalue weighted by molar-refractivity contribution is 5.14. The average Bonchev–Trinajstić information content (AvgIpc) is 2.76. The predicted molar refractivity (Wildman–Crippen MR) is 75.7 cm³/mol. The van der Waals surface area contributed by atoms with Crippen LogP contribution in [0.4, 0.5) is 0 Å². The van der Waals surface area contributed by atoms with Crippen LogP contribution in [0.15, 0.2) is 30.3 Å². The van der Waals surface area contributed by atoms with Crippen LogP contribution in [0.5, 0.6) is 0 Å². The molecule has 2 saturated heterocycles. The van der Waals surface area contributed by atoms with Crippen molar-refractivity contribution in [3.63, 3.8) is 0 Å². The second kappa shape index (κ2) is 5.85. The average molecular weight is 244 g/mol. The third-order valence-electron chi connectivity index (χ3n) is 4.55. The van der Waals surface area contributed by atoms with Gasteiger partial charge in [0.05, 0.1) is 0 Å². The second-order valence-electron chi connectivity index (χ2n) is 5.79. The van der Waals surface area contributed by atoms with Gasteiger partial charge in [-0.3, -0.25) is 0 Å². The first-order valence-electron chi connectivity index (χ1n) is 7.41. The van der Waals surface area contributed by atoms with E-state index < -0.39 is 0 Å². The molecular weight excluding hydrogens is 220 g/mol. The van der Waals surface area contributed by atoms with Crippen LogP contribution in [-0.2, 0) is 6.42 Å². The topological polar surface area (TPSA) is 15.3 Å². The van der Waals surface area contributed by atoms with Gasteiger partial charge in [-0.15, -0.1) is 0 Å². The number of nitrogens with one attached hydrogen (secondary N) is 1. The highest BCUT2D eigenvalue weighted by atomic mass is 15.2. The van der Waals surface area contributed by atoms with Crippen LogP contribution >= 0.6 is 0 Å². The molecule has 2 atom stereocenters. The van der Waals surface area contributed by atoms with Crippen molar-refractivity contribution in [2.45, 2.75) is 31.7 Å². The SMILES string of the molecule is c1ccc(CCN2CCCC3CCN[C@@H]3C2)cc1. The summed E-state index contributed by atoms with van der Waals surface area (Å²) >= 11 is 0. The molecule has 2 nitrogen and oxygen atoms in total. The van der Waals surface area contributed by atoms with Crippen molar-refractivity contribution >= 4 is 0 Å². The summed E-state index contributed by atoms with van der Waals surface area (Å²) in [5.74, 6) is 0.951. The van der Waals surface area contributed by atoms with Crippen LogP contribution in [0.1, 0.15) is 24.8 Å². The lowest BCUT2D eigenvalue weighted by molar-refractivity contribution is 0.262. The minimum Gasteiger partial charge on any atom is -0.312 e. The number of benzene rings is 1. The number of nitrogens with zero attached hydrogens (tertiary/aromatic N) is 1. The lowest BCUT2D eigenvalue weighted by Crippen LogP contribution is -2.39. The van der Waals surface area contributed by atoms with Gasteiger partial charge in [0, 0.05) is 19.1 Å². The van der Waals surface area contributed by atoms with Crippen LogP contribution in [0.2, 0.25) is 0 Å². The molecule has 1 unspecified atom stereocenters. The Hall–Kier alpha value is -0.860. The van der Waals surface area contributed by atoms with E-state index in [2.05, 4.69) is 40.5 Å². The van der Waals surface area contributed by atoms with Crippen molar-refractivity contribution < 1.29 is 0 Å². The lowest BCUT2D eigenvalue weighted by atomic mass is 9.97. The molecule has 0 amide bonds. The Balaban J connectivity index is 1.53. The molecule has 2 aliphatic rings. The minimum absolute atomic E-state index is 0.767. The molecule has 0 aliphatic carbocycles. The quantitative estimate of drug-likeness (QED) is 0.877. The van der Waals surface area contributed by atoms with Crippen molar-refractivity contribution in [2.75, 3.05) is 26.2 Å². The summed E-state index contributed by atoms with van der Waals surface area (Å²) in [6.45, 7) is 5.01. The van der Waals surface area contributed by atoms with Crippen molar-refractivity contribution in [1.82, 2.24) is 10.2 Å². The number of rotatable bonds is 3. The number of likely N-dealkylation sites (tertiary alicyclic amines) is 1. The maximum atomic E-state index is 3.69. The van der Waals surface area contributed by atoms with E-state index in [1.165, 1.54) is 57.4 Å². The molecule has 0 saturated carbocycles. The first-order chi connectivity index (χ1) is 8.92. The molecule has 2 heteroatoms. The van der Waals surface area contributed by atoms with Crippen molar-refractivity contribution in [3.8, 4) is 0 Å². The van der Waals surface area contributed by atoms with Gasteiger partial charge < -0.3 is 10.2 Å². The van der Waals surface area contributed by atoms with Gasteiger partial charge in [0.2, 0.25) is 0 Å². The van der Waals surface area contributed by atoms with Gasteiger partial charge in [0.15, 0.2) is 0 Å². The highest BCUT2D eigenvalue weighted by Gasteiger charge is 2.30. The number of fused-ring (bicyclic) bond motifs is 1. The Kier molecular flexibility index (Phi) is 3.96. The van der Waals surface area contributed by atoms with E-state index in [4.69, 9.17) is 0 Å². The smallest absolute Gasteiger partial charge is 0.0223 e. The zero-order valence-electron chi connectivity index (χ0n) is 11.1. The van der Waals surface area contributed by atoms with E-state index in [1.807, 2.05) is 0 Å². The molecule has 2 aliphatic heterocycles. The molecule has 0 bridgehead atoms. The Morgan fingerprint density at radius 2 is 2.06 bits per heavy atom. The van der Waals surface area contributed by atoms with Gasteiger partial charge in [-0.1, -0.05) is 30.3 Å². The summed E-state index contributed by atoms with van der Waals surface area (Å²) < 4.78 is 0. The molecule has 1 N–H and O–H groups in total. The highest BCUT2D eigenvalue weighted by Crippen LogP contribution is 2.25. The van der Waals surface area contributed by atoms with E-state index >= 15 is 0 Å². The fourth-order valence-electron chi connectivity index (χ4n) is 3.46. The van der Waals surface area contributed by atoms with Gasteiger partial charge >= 0.3 is 0 Å². The van der Waals surface area contributed by atoms with Crippen LogP contribution in [0.3, 0.4) is 0 Å². The summed E-state index contributed by atoms with van der Waals surface area (Å²) in [7, 11) is 0. The fraction of sp³-hybridized carbons (Fsp3) is 0.625. The largest absolute Gasteiger partial charge is 0.312 e. The zero-order chi connectivity index (χ0) is 12.2. The van der Waals surface area contributed by atoms with Gasteiger partial charge in [-0.25, -0.2) is 0 Å². The van der Waals surface area contributed by atoms with Crippen LogP contribution < -0.4 is 5.32 Å². The van der Waals surface area contributed by atoms with E-state index in [-0.39, 0.29) is 0 Å². The summed E-state index contributed by atoms with van der Waals surface area (Å²) in [6, 6.07) is 11.6. The first kappa shape index (κ1) is 12.2. The normalized spacial score (nSPS) is 28.9. The predicted octanol–water partition coefficient (Wildman–Crippen LogP) is 2.30. The Morgan fingerprint density at radius 3 is 2.94 bits per heavy atom. The molecule has 0 spiro atoms. The molecule has 2 heterocycles. The molecule has 18 heavy (non-hydrogen) atoms. The molecule has 0 aromatic heterocycles. The summed E-state index contributed by atoms with van der Waals surface area (Å²) in [6.07, 6.45) is 5.41. The van der Waals surface area contributed by atoms with Crippen molar-refractivity contribution in [2.24, 2.45) is 5.92 Å². The monoisotopic (exact) mass is 244 g/mol. The third-order valence-corrected chi connectivity index (χ3v) is 4.55. The molecular formula is C16H24N2. The maximum Gasteiger partial charge on any atom is 0.0223 e. The van der Waals surface area contributed by atoms with Gasteiger partial charge in [0.1, 0.15) is 0 Å². The Labute approximate surface area is 110 Å². The molecule has 1 aromatic carbocycles. The fourth-order valence-corrected chi connectivity index (χ4v) is 3.46. The van der Waals surface area contributed by atoms with Crippen molar-refractivity contribution in [1.29, 1.82) is 0 Å². The maximum absolute atomic E-state index is 3.69. The van der Waals surface area contributed by atoms with E-state index in [0.717, 1.165) is 12.0 Å². The Morgan fingerprint density at radius 1 is 1.17 bits per heavy atom. The summed E-state index contributed by atoms with van der Waals surface area (Å²) in [4.78, 5) is 2.66. The Bertz CT molecular complexity index is 363. The molecule has 1 aromatic rings. The van der Waals surface area contributed by atoms with Gasteiger partial charge in [-0.2, -0.15) is 0 Å². The van der Waals surface area contributed by atoms with Crippen molar-refractivity contribution in [3.05, 3.63) is 35.9 Å². The molecule has 0 radical (unpaired) electrons. The van der Waals surface area contributed by atoms with E-state index in [9.17, 15) is 0 Å². The zero-order valence-corrected chi connectivity index (χ0v) is 11.1. The van der Waals surface area contributed by atoms with E-state index in [1.54, 1.807) is 0 Å². The first-order valence-corrected chi connectivity index (χ1v) is 7.41. The lowest BCUT2D eigenvalue weighted by Gasteiger charge is -2.24. The third kappa shape index (κ3) is 2.93. The van der Waals surface area contributed by atoms with Gasteiger partial charge in [0.25, 0.3) is 0 Å². The summed E-state index contributed by atoms with van der Waals surface area (Å²) in [5, 5.41) is 3.69. The number of hydrogen-bond acceptors (Lipinski definition) is 2. The van der Waals surface area contributed by atoms with Gasteiger partial charge in [-0.05, 0) is 50.3 Å². The van der Waals surface area contributed by atoms with Crippen LogP contribution in [0, 0.1) is 5.92 Å². The minimum atomic E-state index is 0.767. The standard InChI is InChI=1S/C16H24N2/c1-2-5-14(6-3-1)9-12-18-11-4-7-15-8-10-17-16(15)13-18/h1-3,5-6,15-17H,4,7-13H2/t15?,16-/m1/s1. The second-order valence-corrected chi connectivity index (χ2v) is 5.79. The molecule has 98 valence electrons.